The molecule has 5 rings (SSSR count). The number of pyridine rings is 1. The number of rotatable bonds is 5. The number of fused-ring (bicyclic) bond motifs is 1. The molecule has 0 atom stereocenters. The number of carbonyl (C=O) groups excluding carboxylic acids is 1. The van der Waals surface area contributed by atoms with E-state index in [0.29, 0.717) is 28.5 Å². The van der Waals surface area contributed by atoms with Crippen LogP contribution in [0.1, 0.15) is 30.0 Å². The van der Waals surface area contributed by atoms with E-state index in [1.54, 1.807) is 36.7 Å². The first-order valence-corrected chi connectivity index (χ1v) is 9.48. The van der Waals surface area contributed by atoms with Gasteiger partial charge in [0, 0.05) is 41.7 Å². The van der Waals surface area contributed by atoms with Crippen LogP contribution in [0.25, 0.3) is 22.3 Å². The molecule has 1 aliphatic carbocycles. The van der Waals surface area contributed by atoms with Crippen LogP contribution in [0.4, 0.5) is 5.82 Å². The fourth-order valence-electron chi connectivity index (χ4n) is 3.34. The van der Waals surface area contributed by atoms with Gasteiger partial charge in [-0.05, 0) is 42.7 Å². The zero-order valence-corrected chi connectivity index (χ0v) is 15.5. The molecule has 1 saturated carbocycles. The van der Waals surface area contributed by atoms with Crippen LogP contribution < -0.4 is 10.7 Å². The monoisotopic (exact) mass is 386 g/mol. The lowest BCUT2D eigenvalue weighted by molar-refractivity contribution is -0.115. The second kappa shape index (κ2) is 7.01. The molecule has 0 radical (unpaired) electrons. The van der Waals surface area contributed by atoms with Gasteiger partial charge in [0.05, 0.1) is 11.8 Å². The summed E-state index contributed by atoms with van der Waals surface area (Å²) in [5, 5.41) is 10.3. The van der Waals surface area contributed by atoms with Crippen molar-refractivity contribution < 1.29 is 9.21 Å². The highest BCUT2D eigenvalue weighted by Gasteiger charge is 2.25. The predicted molar refractivity (Wildman–Crippen MR) is 109 cm³/mol. The van der Waals surface area contributed by atoms with Crippen LogP contribution in [0.5, 0.6) is 0 Å². The van der Waals surface area contributed by atoms with Gasteiger partial charge in [-0.3, -0.25) is 19.7 Å². The largest absolute Gasteiger partial charge is 0.456 e. The standard InChI is InChI=1S/C22H18N4O3/c27-18-11-20(15-2-1-7-23-12-15)29-19-6-3-13(8-16(18)19)9-22(28)24-21-10-17(25-26-21)14-4-5-14/h1-3,6-8,10-12,14H,4-5,9H2,(H2,24,25,26,28). The molecule has 1 fully saturated rings. The Bertz CT molecular complexity index is 1260. The third-order valence-electron chi connectivity index (χ3n) is 4.98. The van der Waals surface area contributed by atoms with E-state index >= 15 is 0 Å². The number of carbonyl (C=O) groups is 1. The number of hydrogen-bond donors (Lipinski definition) is 2. The van der Waals surface area contributed by atoms with Gasteiger partial charge in [0.15, 0.2) is 11.2 Å². The zero-order valence-electron chi connectivity index (χ0n) is 15.5. The molecule has 29 heavy (non-hydrogen) atoms. The number of benzene rings is 1. The van der Waals surface area contributed by atoms with Gasteiger partial charge >= 0.3 is 0 Å². The Morgan fingerprint density at radius 2 is 2.10 bits per heavy atom. The summed E-state index contributed by atoms with van der Waals surface area (Å²) in [4.78, 5) is 29.0. The van der Waals surface area contributed by atoms with Crippen molar-refractivity contribution in [1.82, 2.24) is 15.2 Å². The number of amides is 1. The number of nitrogens with one attached hydrogen (secondary N) is 2. The summed E-state index contributed by atoms with van der Waals surface area (Å²) in [7, 11) is 0. The summed E-state index contributed by atoms with van der Waals surface area (Å²) >= 11 is 0. The van der Waals surface area contributed by atoms with Crippen molar-refractivity contribution in [2.24, 2.45) is 0 Å². The summed E-state index contributed by atoms with van der Waals surface area (Å²) in [5.41, 5.74) is 2.84. The molecule has 1 amide bonds. The maximum absolute atomic E-state index is 12.6. The molecular formula is C22H18N4O3. The Labute approximate surface area is 165 Å². The van der Waals surface area contributed by atoms with E-state index in [-0.39, 0.29) is 17.8 Å². The second-order valence-corrected chi connectivity index (χ2v) is 7.25. The van der Waals surface area contributed by atoms with Gasteiger partial charge in [0.25, 0.3) is 0 Å². The van der Waals surface area contributed by atoms with E-state index in [4.69, 9.17) is 4.42 Å². The molecule has 3 heterocycles. The Kier molecular flexibility index (Phi) is 4.20. The first-order valence-electron chi connectivity index (χ1n) is 9.48. The molecule has 0 unspecified atom stereocenters. The van der Waals surface area contributed by atoms with Crippen LogP contribution >= 0.6 is 0 Å². The van der Waals surface area contributed by atoms with E-state index in [9.17, 15) is 9.59 Å². The molecule has 0 spiro atoms. The molecule has 7 heteroatoms. The molecule has 0 aliphatic heterocycles. The first kappa shape index (κ1) is 17.4. The van der Waals surface area contributed by atoms with Gasteiger partial charge in [-0.15, -0.1) is 0 Å². The van der Waals surface area contributed by atoms with E-state index in [1.807, 2.05) is 12.1 Å². The van der Waals surface area contributed by atoms with Crippen molar-refractivity contribution >= 4 is 22.7 Å². The van der Waals surface area contributed by atoms with E-state index in [2.05, 4.69) is 20.5 Å². The molecule has 7 nitrogen and oxygen atoms in total. The van der Waals surface area contributed by atoms with Gasteiger partial charge in [-0.2, -0.15) is 5.10 Å². The van der Waals surface area contributed by atoms with E-state index in [0.717, 1.165) is 29.7 Å². The van der Waals surface area contributed by atoms with Gasteiger partial charge in [-0.25, -0.2) is 0 Å². The van der Waals surface area contributed by atoms with Gasteiger partial charge in [0.1, 0.15) is 11.3 Å². The lowest BCUT2D eigenvalue weighted by Gasteiger charge is -2.06. The van der Waals surface area contributed by atoms with E-state index < -0.39 is 0 Å². The highest BCUT2D eigenvalue weighted by molar-refractivity contribution is 5.92. The van der Waals surface area contributed by atoms with Crippen LogP contribution in [-0.2, 0) is 11.2 Å². The minimum atomic E-state index is -0.186. The number of aromatic amines is 1. The third kappa shape index (κ3) is 3.67. The minimum absolute atomic E-state index is 0.144. The molecule has 1 aliphatic rings. The summed E-state index contributed by atoms with van der Waals surface area (Å²) < 4.78 is 5.86. The lowest BCUT2D eigenvalue weighted by Crippen LogP contribution is -2.15. The predicted octanol–water partition coefficient (Wildman–Crippen LogP) is 3.64. The van der Waals surface area contributed by atoms with E-state index in [1.165, 1.54) is 6.07 Å². The van der Waals surface area contributed by atoms with Crippen molar-refractivity contribution in [3.8, 4) is 11.3 Å². The fraction of sp³-hybridized carbons (Fsp3) is 0.182. The molecule has 1 aromatic carbocycles. The first-order chi connectivity index (χ1) is 14.2. The summed E-state index contributed by atoms with van der Waals surface area (Å²) in [6.45, 7) is 0. The average Bonchev–Trinajstić information content (AvgIpc) is 3.48. The molecule has 0 saturated heterocycles. The maximum atomic E-state index is 12.6. The normalized spacial score (nSPS) is 13.5. The van der Waals surface area contributed by atoms with Gasteiger partial charge in [-0.1, -0.05) is 6.07 Å². The molecule has 0 bridgehead atoms. The smallest absolute Gasteiger partial charge is 0.229 e. The Balaban J connectivity index is 1.35. The molecule has 2 N–H and O–H groups in total. The zero-order chi connectivity index (χ0) is 19.8. The summed E-state index contributed by atoms with van der Waals surface area (Å²) in [6.07, 6.45) is 5.78. The second-order valence-electron chi connectivity index (χ2n) is 7.25. The van der Waals surface area contributed by atoms with Gasteiger partial charge < -0.3 is 9.73 Å². The molecule has 4 aromatic rings. The third-order valence-corrected chi connectivity index (χ3v) is 4.98. The summed E-state index contributed by atoms with van der Waals surface area (Å²) in [6, 6.07) is 12.2. The highest BCUT2D eigenvalue weighted by atomic mass is 16.3. The topological polar surface area (TPSA) is 101 Å². The van der Waals surface area contributed by atoms with Crippen LogP contribution in [0, 0.1) is 0 Å². The lowest BCUT2D eigenvalue weighted by atomic mass is 10.1. The minimum Gasteiger partial charge on any atom is -0.456 e. The van der Waals surface area contributed by atoms with Crippen molar-refractivity contribution in [2.75, 3.05) is 5.32 Å². The number of aromatic nitrogens is 3. The number of H-pyrrole nitrogens is 1. The SMILES string of the molecule is O=C(Cc1ccc2oc(-c3cccnc3)cc(=O)c2c1)Nc1cc(C2CC2)[nH]n1. The number of anilines is 1. The van der Waals surface area contributed by atoms with Crippen molar-refractivity contribution in [3.05, 3.63) is 76.3 Å². The Hall–Kier alpha value is -3.74. The Morgan fingerprint density at radius 3 is 2.90 bits per heavy atom. The maximum Gasteiger partial charge on any atom is 0.229 e. The quantitative estimate of drug-likeness (QED) is 0.545. The van der Waals surface area contributed by atoms with Crippen LogP contribution in [-0.4, -0.2) is 21.1 Å². The van der Waals surface area contributed by atoms with Crippen LogP contribution in [0.15, 0.2) is 64.1 Å². The van der Waals surface area contributed by atoms with Crippen molar-refractivity contribution in [2.45, 2.75) is 25.2 Å². The number of hydrogen-bond acceptors (Lipinski definition) is 5. The van der Waals surface area contributed by atoms with Crippen molar-refractivity contribution in [3.63, 3.8) is 0 Å². The molecular weight excluding hydrogens is 368 g/mol. The van der Waals surface area contributed by atoms with Crippen molar-refractivity contribution in [1.29, 1.82) is 0 Å². The average molecular weight is 386 g/mol. The number of nitrogens with zero attached hydrogens (tertiary/aromatic N) is 2. The molecule has 144 valence electrons. The van der Waals surface area contributed by atoms with Gasteiger partial charge in [0.2, 0.25) is 5.91 Å². The molecule has 3 aromatic heterocycles. The van der Waals surface area contributed by atoms with Crippen LogP contribution in [0.3, 0.4) is 0 Å². The highest BCUT2D eigenvalue weighted by Crippen LogP contribution is 2.39. The Morgan fingerprint density at radius 1 is 1.21 bits per heavy atom. The fourth-order valence-corrected chi connectivity index (χ4v) is 3.34. The van der Waals surface area contributed by atoms with Crippen LogP contribution in [0.2, 0.25) is 0 Å². The summed E-state index contributed by atoms with van der Waals surface area (Å²) in [5.74, 6) is 1.35.